The number of nitrogens with zero attached hydrogens (tertiary/aromatic N) is 1. The maximum Gasteiger partial charge on any atom is 0.166 e. The Morgan fingerprint density at radius 1 is 1.44 bits per heavy atom. The lowest BCUT2D eigenvalue weighted by Crippen LogP contribution is -2.51. The van der Waals surface area contributed by atoms with Crippen LogP contribution in [0.25, 0.3) is 0 Å². The van der Waals surface area contributed by atoms with Crippen LogP contribution in [0, 0.1) is 5.92 Å². The van der Waals surface area contributed by atoms with E-state index in [-0.39, 0.29) is 17.2 Å². The minimum absolute atomic E-state index is 0.0719. The van der Waals surface area contributed by atoms with Crippen LogP contribution in [0.1, 0.15) is 27.2 Å². The fourth-order valence-corrected chi connectivity index (χ4v) is 5.42. The number of rotatable bonds is 6. The number of sulfone groups is 1. The molecule has 0 saturated carbocycles. The molecule has 0 radical (unpaired) electrons. The van der Waals surface area contributed by atoms with Gasteiger partial charge in [0.25, 0.3) is 0 Å². The summed E-state index contributed by atoms with van der Waals surface area (Å²) < 4.78 is 24.1. The zero-order chi connectivity index (χ0) is 13.8. The summed E-state index contributed by atoms with van der Waals surface area (Å²) in [7, 11) is -2.99. The van der Waals surface area contributed by atoms with Gasteiger partial charge in [-0.15, -0.1) is 0 Å². The first-order valence-corrected chi connectivity index (χ1v) is 9.52. The van der Waals surface area contributed by atoms with Crippen molar-refractivity contribution in [2.24, 2.45) is 11.7 Å². The minimum atomic E-state index is -2.99. The molecule has 0 aromatic carbocycles. The normalized spacial score (nSPS) is 24.4. The highest BCUT2D eigenvalue weighted by Gasteiger charge is 2.33. The molecule has 1 fully saturated rings. The SMILES string of the molecule is CCS(=O)(=O)C1CSCCN1CC(N)CC(C)C. The number of thioether (sulfide) groups is 1. The predicted octanol–water partition coefficient (Wildman–Crippen LogP) is 1.17. The zero-order valence-electron chi connectivity index (χ0n) is 11.6. The second-order valence-corrected chi connectivity index (χ2v) is 8.96. The molecule has 0 amide bonds. The third-order valence-corrected chi connectivity index (χ3v) is 6.58. The first kappa shape index (κ1) is 16.3. The van der Waals surface area contributed by atoms with Crippen molar-refractivity contribution in [3.63, 3.8) is 0 Å². The molecule has 108 valence electrons. The van der Waals surface area contributed by atoms with Crippen LogP contribution in [-0.2, 0) is 9.84 Å². The fourth-order valence-electron chi connectivity index (χ4n) is 2.33. The molecule has 1 rings (SSSR count). The number of hydrogen-bond acceptors (Lipinski definition) is 5. The summed E-state index contributed by atoms with van der Waals surface area (Å²) >= 11 is 1.73. The Labute approximate surface area is 116 Å². The Hall–Kier alpha value is 0.220. The number of nitrogens with two attached hydrogens (primary N) is 1. The lowest BCUT2D eigenvalue weighted by molar-refractivity contribution is 0.242. The smallest absolute Gasteiger partial charge is 0.166 e. The summed E-state index contributed by atoms with van der Waals surface area (Å²) in [6, 6.07) is 0.0719. The summed E-state index contributed by atoms with van der Waals surface area (Å²) in [5.74, 6) is 2.46. The molecule has 0 bridgehead atoms. The van der Waals surface area contributed by atoms with Gasteiger partial charge in [0.2, 0.25) is 0 Å². The van der Waals surface area contributed by atoms with E-state index in [1.165, 1.54) is 0 Å². The molecule has 0 aliphatic carbocycles. The molecule has 1 aliphatic rings. The van der Waals surface area contributed by atoms with Crippen molar-refractivity contribution in [1.29, 1.82) is 0 Å². The molecule has 1 aliphatic heterocycles. The Balaban J connectivity index is 2.66. The van der Waals surface area contributed by atoms with Crippen LogP contribution >= 0.6 is 11.8 Å². The van der Waals surface area contributed by atoms with Gasteiger partial charge in [0.1, 0.15) is 5.37 Å². The Bertz CT molecular complexity index is 344. The molecule has 2 atom stereocenters. The molecule has 1 heterocycles. The van der Waals surface area contributed by atoms with Crippen molar-refractivity contribution in [3.8, 4) is 0 Å². The molecule has 2 unspecified atom stereocenters. The maximum atomic E-state index is 12.1. The molecule has 0 spiro atoms. The van der Waals surface area contributed by atoms with E-state index < -0.39 is 9.84 Å². The van der Waals surface area contributed by atoms with Crippen molar-refractivity contribution < 1.29 is 8.42 Å². The van der Waals surface area contributed by atoms with Crippen molar-refractivity contribution in [3.05, 3.63) is 0 Å². The Kier molecular flexibility index (Phi) is 6.44. The fraction of sp³-hybridized carbons (Fsp3) is 1.00. The van der Waals surface area contributed by atoms with E-state index in [1.807, 2.05) is 0 Å². The topological polar surface area (TPSA) is 63.4 Å². The van der Waals surface area contributed by atoms with Gasteiger partial charge in [-0.3, -0.25) is 4.90 Å². The zero-order valence-corrected chi connectivity index (χ0v) is 13.3. The van der Waals surface area contributed by atoms with Gasteiger partial charge in [-0.2, -0.15) is 11.8 Å². The van der Waals surface area contributed by atoms with Gasteiger partial charge < -0.3 is 5.73 Å². The molecule has 18 heavy (non-hydrogen) atoms. The Morgan fingerprint density at radius 3 is 2.67 bits per heavy atom. The van der Waals surface area contributed by atoms with Crippen LogP contribution in [0.4, 0.5) is 0 Å². The van der Waals surface area contributed by atoms with Gasteiger partial charge in [0.05, 0.1) is 0 Å². The average Bonchev–Trinajstić information content (AvgIpc) is 2.28. The summed E-state index contributed by atoms with van der Waals surface area (Å²) in [4.78, 5) is 2.07. The molecular formula is C12H26N2O2S2. The maximum absolute atomic E-state index is 12.1. The van der Waals surface area contributed by atoms with Crippen LogP contribution in [0.15, 0.2) is 0 Å². The van der Waals surface area contributed by atoms with E-state index in [4.69, 9.17) is 5.73 Å². The van der Waals surface area contributed by atoms with Gasteiger partial charge in [-0.25, -0.2) is 8.42 Å². The Morgan fingerprint density at radius 2 is 2.11 bits per heavy atom. The van der Waals surface area contributed by atoms with E-state index in [1.54, 1.807) is 18.7 Å². The molecule has 0 aromatic heterocycles. The second kappa shape index (κ2) is 7.12. The average molecular weight is 294 g/mol. The largest absolute Gasteiger partial charge is 0.327 e. The lowest BCUT2D eigenvalue weighted by atomic mass is 10.0. The molecule has 0 aromatic rings. The third kappa shape index (κ3) is 4.72. The molecular weight excluding hydrogens is 268 g/mol. The monoisotopic (exact) mass is 294 g/mol. The number of hydrogen-bond donors (Lipinski definition) is 1. The van der Waals surface area contributed by atoms with Gasteiger partial charge in [-0.05, 0) is 12.3 Å². The minimum Gasteiger partial charge on any atom is -0.327 e. The van der Waals surface area contributed by atoms with E-state index >= 15 is 0 Å². The van der Waals surface area contributed by atoms with E-state index in [9.17, 15) is 8.42 Å². The van der Waals surface area contributed by atoms with Gasteiger partial charge in [0.15, 0.2) is 9.84 Å². The predicted molar refractivity (Wildman–Crippen MR) is 79.6 cm³/mol. The molecule has 2 N–H and O–H groups in total. The van der Waals surface area contributed by atoms with E-state index in [2.05, 4.69) is 18.7 Å². The molecule has 4 nitrogen and oxygen atoms in total. The van der Waals surface area contributed by atoms with E-state index in [0.717, 1.165) is 18.7 Å². The van der Waals surface area contributed by atoms with Crippen molar-refractivity contribution in [1.82, 2.24) is 4.90 Å². The van der Waals surface area contributed by atoms with Gasteiger partial charge in [0, 0.05) is 36.4 Å². The first-order chi connectivity index (χ1) is 8.36. The third-order valence-electron chi connectivity index (χ3n) is 3.25. The molecule has 6 heteroatoms. The van der Waals surface area contributed by atoms with Gasteiger partial charge in [-0.1, -0.05) is 20.8 Å². The summed E-state index contributed by atoms with van der Waals surface area (Å²) in [6.07, 6.45) is 0.947. The second-order valence-electron chi connectivity index (χ2n) is 5.37. The van der Waals surface area contributed by atoms with Crippen LogP contribution in [0.2, 0.25) is 0 Å². The first-order valence-electron chi connectivity index (χ1n) is 6.65. The highest BCUT2D eigenvalue weighted by Crippen LogP contribution is 2.22. The van der Waals surface area contributed by atoms with Crippen LogP contribution in [0.5, 0.6) is 0 Å². The summed E-state index contributed by atoms with van der Waals surface area (Å²) in [5.41, 5.74) is 6.11. The lowest BCUT2D eigenvalue weighted by Gasteiger charge is -2.36. The van der Waals surface area contributed by atoms with Crippen LogP contribution in [0.3, 0.4) is 0 Å². The summed E-state index contributed by atoms with van der Waals surface area (Å²) in [6.45, 7) is 7.54. The van der Waals surface area contributed by atoms with E-state index in [0.29, 0.717) is 18.2 Å². The van der Waals surface area contributed by atoms with Gasteiger partial charge >= 0.3 is 0 Å². The van der Waals surface area contributed by atoms with Crippen LogP contribution < -0.4 is 5.73 Å². The van der Waals surface area contributed by atoms with Crippen molar-refractivity contribution >= 4 is 21.6 Å². The highest BCUT2D eigenvalue weighted by atomic mass is 32.2. The quantitative estimate of drug-likeness (QED) is 0.797. The summed E-state index contributed by atoms with van der Waals surface area (Å²) in [5, 5.41) is -0.334. The molecule has 1 saturated heterocycles. The highest BCUT2D eigenvalue weighted by molar-refractivity contribution is 8.01. The standard InChI is InChI=1S/C12H26N2O2S2/c1-4-18(15,16)12-9-17-6-5-14(12)8-11(13)7-10(2)3/h10-12H,4-9,13H2,1-3H3. The van der Waals surface area contributed by atoms with Crippen LogP contribution in [-0.4, -0.2) is 55.1 Å². The van der Waals surface area contributed by atoms with Crippen molar-refractivity contribution in [2.75, 3.05) is 30.3 Å². The van der Waals surface area contributed by atoms with Crippen molar-refractivity contribution in [2.45, 2.75) is 38.6 Å².